The van der Waals surface area contributed by atoms with Crippen LogP contribution in [0.1, 0.15) is 32.6 Å². The van der Waals surface area contributed by atoms with Gasteiger partial charge in [-0.05, 0) is 6.42 Å². The van der Waals surface area contributed by atoms with Crippen molar-refractivity contribution < 1.29 is 24.6 Å². The lowest BCUT2D eigenvalue weighted by molar-refractivity contribution is -0.144. The van der Waals surface area contributed by atoms with Crippen molar-refractivity contribution in [3.63, 3.8) is 0 Å². The molecule has 0 atom stereocenters. The summed E-state index contributed by atoms with van der Waals surface area (Å²) in [4.78, 5) is 34.0. The van der Waals surface area contributed by atoms with E-state index in [0.717, 1.165) is 19.3 Å². The number of carbonyl (C=O) groups excluding carboxylic acids is 1. The Kier molecular flexibility index (Phi) is 9.42. The Balaban J connectivity index is 4.09. The maximum Gasteiger partial charge on any atom is 0.323 e. The van der Waals surface area contributed by atoms with Gasteiger partial charge in [-0.2, -0.15) is 0 Å². The molecule has 0 aromatic carbocycles. The van der Waals surface area contributed by atoms with E-state index in [2.05, 4.69) is 5.32 Å². The van der Waals surface area contributed by atoms with Crippen molar-refractivity contribution >= 4 is 17.8 Å². The monoisotopic (exact) mass is 274 g/mol. The van der Waals surface area contributed by atoms with Crippen LogP contribution < -0.4 is 5.32 Å². The molecule has 0 fully saturated rings. The largest absolute Gasteiger partial charge is 0.480 e. The number of nitrogens with zero attached hydrogens (tertiary/aromatic N) is 1. The SMILES string of the molecule is CCCCCC(=O)N(CCNCC(=O)O)CC(=O)O. The summed E-state index contributed by atoms with van der Waals surface area (Å²) < 4.78 is 0. The van der Waals surface area contributed by atoms with E-state index < -0.39 is 11.9 Å². The van der Waals surface area contributed by atoms with Gasteiger partial charge < -0.3 is 20.4 Å². The van der Waals surface area contributed by atoms with E-state index in [1.54, 1.807) is 0 Å². The molecule has 0 saturated heterocycles. The first-order valence-corrected chi connectivity index (χ1v) is 6.39. The van der Waals surface area contributed by atoms with Crippen molar-refractivity contribution in [1.82, 2.24) is 10.2 Å². The molecule has 0 aromatic rings. The summed E-state index contributed by atoms with van der Waals surface area (Å²) in [5, 5.41) is 19.8. The summed E-state index contributed by atoms with van der Waals surface area (Å²) in [6.07, 6.45) is 3.00. The number of hydrogen-bond donors (Lipinski definition) is 3. The van der Waals surface area contributed by atoms with E-state index in [4.69, 9.17) is 10.2 Å². The number of aliphatic carboxylic acids is 2. The third-order valence-corrected chi connectivity index (χ3v) is 2.51. The molecule has 1 amide bonds. The topological polar surface area (TPSA) is 107 Å². The Morgan fingerprint density at radius 2 is 1.79 bits per heavy atom. The van der Waals surface area contributed by atoms with Crippen LogP contribution in [0.2, 0.25) is 0 Å². The van der Waals surface area contributed by atoms with E-state index in [-0.39, 0.29) is 32.1 Å². The van der Waals surface area contributed by atoms with Crippen molar-refractivity contribution in [3.8, 4) is 0 Å². The third kappa shape index (κ3) is 10.0. The highest BCUT2D eigenvalue weighted by Gasteiger charge is 2.15. The van der Waals surface area contributed by atoms with E-state index in [0.29, 0.717) is 6.42 Å². The first kappa shape index (κ1) is 17.4. The molecule has 110 valence electrons. The molecule has 19 heavy (non-hydrogen) atoms. The molecule has 0 radical (unpaired) electrons. The van der Waals surface area contributed by atoms with Gasteiger partial charge in [0, 0.05) is 19.5 Å². The second kappa shape index (κ2) is 10.3. The fraction of sp³-hybridized carbons (Fsp3) is 0.750. The molecule has 7 heteroatoms. The van der Waals surface area contributed by atoms with Crippen molar-refractivity contribution in [1.29, 1.82) is 0 Å². The van der Waals surface area contributed by atoms with Crippen LogP contribution in [0.25, 0.3) is 0 Å². The van der Waals surface area contributed by atoms with Gasteiger partial charge in [0.15, 0.2) is 0 Å². The molecule has 0 unspecified atom stereocenters. The number of carbonyl (C=O) groups is 3. The fourth-order valence-corrected chi connectivity index (χ4v) is 1.55. The van der Waals surface area contributed by atoms with Gasteiger partial charge in [0.2, 0.25) is 5.91 Å². The third-order valence-electron chi connectivity index (χ3n) is 2.51. The van der Waals surface area contributed by atoms with Gasteiger partial charge in [0.05, 0.1) is 6.54 Å². The van der Waals surface area contributed by atoms with Crippen LogP contribution in [-0.4, -0.2) is 59.1 Å². The lowest BCUT2D eigenvalue weighted by atomic mass is 10.2. The summed E-state index contributed by atoms with van der Waals surface area (Å²) in [6, 6.07) is 0. The zero-order valence-corrected chi connectivity index (χ0v) is 11.2. The molecule has 0 spiro atoms. The summed E-state index contributed by atoms with van der Waals surface area (Å²) in [5.41, 5.74) is 0. The molecule has 0 bridgehead atoms. The number of amides is 1. The molecule has 0 aliphatic carbocycles. The van der Waals surface area contributed by atoms with Crippen LogP contribution in [0.3, 0.4) is 0 Å². The van der Waals surface area contributed by atoms with Gasteiger partial charge in [0.1, 0.15) is 6.54 Å². The van der Waals surface area contributed by atoms with Crippen LogP contribution in [-0.2, 0) is 14.4 Å². The molecule has 3 N–H and O–H groups in total. The summed E-state index contributed by atoms with van der Waals surface area (Å²) >= 11 is 0. The molecule has 0 heterocycles. The highest BCUT2D eigenvalue weighted by atomic mass is 16.4. The zero-order valence-electron chi connectivity index (χ0n) is 11.2. The minimum absolute atomic E-state index is 0.199. The Morgan fingerprint density at radius 3 is 2.32 bits per heavy atom. The number of rotatable bonds is 11. The lowest BCUT2D eigenvalue weighted by Crippen LogP contribution is -2.40. The molecule has 0 aliphatic heterocycles. The van der Waals surface area contributed by atoms with Gasteiger partial charge >= 0.3 is 11.9 Å². The quantitative estimate of drug-likeness (QED) is 0.463. The normalized spacial score (nSPS) is 10.2. The van der Waals surface area contributed by atoms with Gasteiger partial charge in [-0.25, -0.2) is 0 Å². The van der Waals surface area contributed by atoms with Gasteiger partial charge in [0.25, 0.3) is 0 Å². The Labute approximate surface area is 112 Å². The van der Waals surface area contributed by atoms with Gasteiger partial charge in [-0.1, -0.05) is 19.8 Å². The van der Waals surface area contributed by atoms with Crippen molar-refractivity contribution in [2.45, 2.75) is 32.6 Å². The number of unbranched alkanes of at least 4 members (excludes halogenated alkanes) is 2. The maximum absolute atomic E-state index is 11.8. The van der Waals surface area contributed by atoms with Gasteiger partial charge in [-0.15, -0.1) is 0 Å². The Hall–Kier alpha value is -1.63. The average Bonchev–Trinajstić information content (AvgIpc) is 2.32. The number of carboxylic acid groups (broad SMARTS) is 2. The minimum atomic E-state index is -1.07. The molecular formula is C12H22N2O5. The summed E-state index contributed by atoms with van der Waals surface area (Å²) in [7, 11) is 0. The fourth-order valence-electron chi connectivity index (χ4n) is 1.55. The molecule has 0 rings (SSSR count). The summed E-state index contributed by atoms with van der Waals surface area (Å²) in [5.74, 6) is -2.26. The molecule has 7 nitrogen and oxygen atoms in total. The lowest BCUT2D eigenvalue weighted by Gasteiger charge is -2.20. The Bertz CT molecular complexity index is 306. The first-order valence-electron chi connectivity index (χ1n) is 6.39. The molecule has 0 aromatic heterocycles. The van der Waals surface area contributed by atoms with Crippen LogP contribution in [0.4, 0.5) is 0 Å². The molecular weight excluding hydrogens is 252 g/mol. The van der Waals surface area contributed by atoms with E-state index in [9.17, 15) is 14.4 Å². The van der Waals surface area contributed by atoms with E-state index >= 15 is 0 Å². The second-order valence-corrected chi connectivity index (χ2v) is 4.24. The maximum atomic E-state index is 11.8. The number of hydrogen-bond acceptors (Lipinski definition) is 4. The van der Waals surface area contributed by atoms with Crippen LogP contribution in [0, 0.1) is 0 Å². The predicted octanol–water partition coefficient (Wildman–Crippen LogP) is 0.154. The van der Waals surface area contributed by atoms with Crippen LogP contribution in [0.15, 0.2) is 0 Å². The molecule has 0 aliphatic rings. The van der Waals surface area contributed by atoms with Crippen LogP contribution in [0.5, 0.6) is 0 Å². The predicted molar refractivity (Wildman–Crippen MR) is 68.9 cm³/mol. The highest BCUT2D eigenvalue weighted by Crippen LogP contribution is 2.03. The second-order valence-electron chi connectivity index (χ2n) is 4.24. The smallest absolute Gasteiger partial charge is 0.323 e. The standard InChI is InChI=1S/C12H22N2O5/c1-2-3-4-5-10(15)14(9-12(18)19)7-6-13-8-11(16)17/h13H,2-9H2,1H3,(H,16,17)(H,18,19). The highest BCUT2D eigenvalue weighted by molar-refractivity contribution is 5.81. The molecule has 0 saturated carbocycles. The Morgan fingerprint density at radius 1 is 1.11 bits per heavy atom. The van der Waals surface area contributed by atoms with Crippen molar-refractivity contribution in [2.24, 2.45) is 0 Å². The van der Waals surface area contributed by atoms with Crippen molar-refractivity contribution in [3.05, 3.63) is 0 Å². The number of carboxylic acids is 2. The minimum Gasteiger partial charge on any atom is -0.480 e. The van der Waals surface area contributed by atoms with Gasteiger partial charge in [-0.3, -0.25) is 14.4 Å². The van der Waals surface area contributed by atoms with Crippen molar-refractivity contribution in [2.75, 3.05) is 26.2 Å². The number of nitrogens with one attached hydrogen (secondary N) is 1. The van der Waals surface area contributed by atoms with E-state index in [1.165, 1.54) is 4.90 Å². The average molecular weight is 274 g/mol. The van der Waals surface area contributed by atoms with E-state index in [1.807, 2.05) is 6.92 Å². The summed E-state index contributed by atoms with van der Waals surface area (Å²) in [6.45, 7) is 1.93. The zero-order chi connectivity index (χ0) is 14.7. The first-order chi connectivity index (χ1) is 8.97. The van der Waals surface area contributed by atoms with Crippen LogP contribution >= 0.6 is 0 Å².